The second kappa shape index (κ2) is 6.31. The van der Waals surface area contributed by atoms with Crippen molar-refractivity contribution in [1.82, 2.24) is 10.3 Å². The van der Waals surface area contributed by atoms with Gasteiger partial charge >= 0.3 is 0 Å². The zero-order valence-corrected chi connectivity index (χ0v) is 11.9. The van der Waals surface area contributed by atoms with Gasteiger partial charge in [0.25, 0.3) is 0 Å². The Hall–Kier alpha value is -1.19. The van der Waals surface area contributed by atoms with E-state index < -0.39 is 0 Å². The van der Waals surface area contributed by atoms with Gasteiger partial charge in [0.05, 0.1) is 11.2 Å². The van der Waals surface area contributed by atoms with Crippen LogP contribution < -0.4 is 5.32 Å². The predicted molar refractivity (Wildman–Crippen MR) is 80.4 cm³/mol. The molecule has 0 bridgehead atoms. The Balaban J connectivity index is 1.47. The van der Waals surface area contributed by atoms with Gasteiger partial charge < -0.3 is 5.32 Å². The number of thiazole rings is 1. The van der Waals surface area contributed by atoms with E-state index in [0.29, 0.717) is 6.04 Å². The van der Waals surface area contributed by atoms with Gasteiger partial charge in [-0.2, -0.15) is 0 Å². The lowest BCUT2D eigenvalue weighted by atomic mass is 9.82. The molecule has 0 spiro atoms. The molecular weight excluding hydrogens is 252 g/mol. The standard InChI is InChI=1S/C16H20N2S/c1-2-4-13(5-3-1)14-6-8-15(9-7-14)17-10-16-11-19-12-18-16/h1-5,11-12,14-15,17H,6-10H2. The van der Waals surface area contributed by atoms with E-state index in [1.807, 2.05) is 5.51 Å². The molecule has 0 saturated heterocycles. The second-order valence-electron chi connectivity index (χ2n) is 5.32. The number of aromatic nitrogens is 1. The van der Waals surface area contributed by atoms with Gasteiger partial charge in [0.15, 0.2) is 0 Å². The van der Waals surface area contributed by atoms with E-state index in [0.717, 1.165) is 12.5 Å². The van der Waals surface area contributed by atoms with Crippen LogP contribution in [0.15, 0.2) is 41.2 Å². The minimum Gasteiger partial charge on any atom is -0.308 e. The molecule has 1 aliphatic carbocycles. The molecule has 1 aromatic carbocycles. The fourth-order valence-electron chi connectivity index (χ4n) is 2.93. The van der Waals surface area contributed by atoms with Crippen molar-refractivity contribution >= 4 is 11.3 Å². The van der Waals surface area contributed by atoms with Crippen LogP contribution in [-0.4, -0.2) is 11.0 Å². The maximum atomic E-state index is 4.32. The van der Waals surface area contributed by atoms with Crippen molar-refractivity contribution < 1.29 is 0 Å². The molecule has 19 heavy (non-hydrogen) atoms. The molecule has 0 radical (unpaired) electrons. The highest BCUT2D eigenvalue weighted by Gasteiger charge is 2.21. The van der Waals surface area contributed by atoms with Crippen molar-refractivity contribution in [3.05, 3.63) is 52.5 Å². The first kappa shape index (κ1) is 12.8. The van der Waals surface area contributed by atoms with Crippen LogP contribution in [0.5, 0.6) is 0 Å². The highest BCUT2D eigenvalue weighted by atomic mass is 32.1. The Morgan fingerprint density at radius 3 is 2.58 bits per heavy atom. The zero-order valence-electron chi connectivity index (χ0n) is 11.1. The minimum absolute atomic E-state index is 0.668. The third kappa shape index (κ3) is 3.43. The van der Waals surface area contributed by atoms with E-state index in [1.54, 1.807) is 11.3 Å². The summed E-state index contributed by atoms with van der Waals surface area (Å²) in [7, 11) is 0. The third-order valence-corrected chi connectivity index (χ3v) is 4.69. The van der Waals surface area contributed by atoms with Crippen molar-refractivity contribution in [2.75, 3.05) is 0 Å². The Morgan fingerprint density at radius 2 is 1.89 bits per heavy atom. The van der Waals surface area contributed by atoms with Gasteiger partial charge in [0, 0.05) is 18.0 Å². The van der Waals surface area contributed by atoms with Gasteiger partial charge in [-0.25, -0.2) is 4.98 Å². The molecule has 1 fully saturated rings. The summed E-state index contributed by atoms with van der Waals surface area (Å²) in [5.74, 6) is 0.763. The van der Waals surface area contributed by atoms with Crippen LogP contribution in [0.25, 0.3) is 0 Å². The number of nitrogens with zero attached hydrogens (tertiary/aromatic N) is 1. The zero-order chi connectivity index (χ0) is 12.9. The first-order chi connectivity index (χ1) is 9.42. The Bertz CT molecular complexity index is 473. The fraction of sp³-hybridized carbons (Fsp3) is 0.438. The molecule has 0 atom stereocenters. The molecular formula is C16H20N2S. The molecule has 2 aromatic rings. The summed E-state index contributed by atoms with van der Waals surface area (Å²) in [5.41, 5.74) is 4.60. The van der Waals surface area contributed by atoms with E-state index in [2.05, 4.69) is 46.0 Å². The summed E-state index contributed by atoms with van der Waals surface area (Å²) >= 11 is 1.67. The molecule has 1 heterocycles. The molecule has 1 N–H and O–H groups in total. The van der Waals surface area contributed by atoms with E-state index in [1.165, 1.54) is 36.9 Å². The molecule has 3 heteroatoms. The summed E-state index contributed by atoms with van der Waals surface area (Å²) in [6.45, 7) is 0.921. The summed E-state index contributed by atoms with van der Waals surface area (Å²) < 4.78 is 0. The highest BCUT2D eigenvalue weighted by Crippen LogP contribution is 2.32. The Labute approximate surface area is 118 Å². The van der Waals surface area contributed by atoms with Gasteiger partial charge in [0.2, 0.25) is 0 Å². The van der Waals surface area contributed by atoms with Crippen molar-refractivity contribution in [2.45, 2.75) is 44.2 Å². The van der Waals surface area contributed by atoms with Crippen LogP contribution in [0.3, 0.4) is 0 Å². The number of benzene rings is 1. The van der Waals surface area contributed by atoms with Crippen molar-refractivity contribution in [2.24, 2.45) is 0 Å². The molecule has 1 aromatic heterocycles. The normalized spacial score (nSPS) is 23.4. The quantitative estimate of drug-likeness (QED) is 0.911. The largest absolute Gasteiger partial charge is 0.308 e. The summed E-state index contributed by atoms with van der Waals surface area (Å²) in [5, 5.41) is 5.77. The van der Waals surface area contributed by atoms with E-state index in [9.17, 15) is 0 Å². The molecule has 100 valence electrons. The number of hydrogen-bond acceptors (Lipinski definition) is 3. The maximum Gasteiger partial charge on any atom is 0.0795 e. The third-order valence-electron chi connectivity index (χ3n) is 4.05. The van der Waals surface area contributed by atoms with Crippen LogP contribution in [0.2, 0.25) is 0 Å². The lowest BCUT2D eigenvalue weighted by Gasteiger charge is -2.29. The number of hydrogen-bond donors (Lipinski definition) is 1. The first-order valence-electron chi connectivity index (χ1n) is 7.07. The summed E-state index contributed by atoms with van der Waals surface area (Å²) in [4.78, 5) is 4.32. The topological polar surface area (TPSA) is 24.9 Å². The van der Waals surface area contributed by atoms with Crippen molar-refractivity contribution in [3.8, 4) is 0 Å². The predicted octanol–water partition coefficient (Wildman–Crippen LogP) is 3.96. The molecule has 3 rings (SSSR count). The highest BCUT2D eigenvalue weighted by molar-refractivity contribution is 7.07. The van der Waals surface area contributed by atoms with E-state index in [-0.39, 0.29) is 0 Å². The van der Waals surface area contributed by atoms with Gasteiger partial charge in [-0.05, 0) is 37.2 Å². The molecule has 1 aliphatic rings. The summed E-state index contributed by atoms with van der Waals surface area (Å²) in [6, 6.07) is 11.6. The van der Waals surface area contributed by atoms with Crippen LogP contribution in [0.1, 0.15) is 42.9 Å². The lowest BCUT2D eigenvalue weighted by Crippen LogP contribution is -2.32. The average Bonchev–Trinajstić information content (AvgIpc) is 3.00. The van der Waals surface area contributed by atoms with E-state index in [4.69, 9.17) is 0 Å². The average molecular weight is 272 g/mol. The molecule has 0 aliphatic heterocycles. The Kier molecular flexibility index (Phi) is 4.26. The van der Waals surface area contributed by atoms with Crippen molar-refractivity contribution in [1.29, 1.82) is 0 Å². The van der Waals surface area contributed by atoms with Crippen LogP contribution >= 0.6 is 11.3 Å². The summed E-state index contributed by atoms with van der Waals surface area (Å²) in [6.07, 6.45) is 5.17. The van der Waals surface area contributed by atoms with Crippen molar-refractivity contribution in [3.63, 3.8) is 0 Å². The second-order valence-corrected chi connectivity index (χ2v) is 6.04. The van der Waals surface area contributed by atoms with Crippen LogP contribution in [0.4, 0.5) is 0 Å². The molecule has 0 unspecified atom stereocenters. The maximum absolute atomic E-state index is 4.32. The molecule has 2 nitrogen and oxygen atoms in total. The van der Waals surface area contributed by atoms with Crippen LogP contribution in [0, 0.1) is 0 Å². The number of rotatable bonds is 4. The minimum atomic E-state index is 0.668. The Morgan fingerprint density at radius 1 is 1.11 bits per heavy atom. The van der Waals surface area contributed by atoms with Gasteiger partial charge in [-0.3, -0.25) is 0 Å². The smallest absolute Gasteiger partial charge is 0.0795 e. The van der Waals surface area contributed by atoms with Crippen LogP contribution in [-0.2, 0) is 6.54 Å². The van der Waals surface area contributed by atoms with Gasteiger partial charge in [-0.1, -0.05) is 30.3 Å². The molecule has 1 saturated carbocycles. The lowest BCUT2D eigenvalue weighted by molar-refractivity contribution is 0.341. The SMILES string of the molecule is c1ccc(C2CCC(NCc3cscn3)CC2)cc1. The monoisotopic (exact) mass is 272 g/mol. The molecule has 0 amide bonds. The van der Waals surface area contributed by atoms with Gasteiger partial charge in [-0.15, -0.1) is 11.3 Å². The first-order valence-corrected chi connectivity index (χ1v) is 8.01. The van der Waals surface area contributed by atoms with E-state index >= 15 is 0 Å². The van der Waals surface area contributed by atoms with Gasteiger partial charge in [0.1, 0.15) is 0 Å². The fourth-order valence-corrected chi connectivity index (χ4v) is 3.49. The number of nitrogens with one attached hydrogen (secondary N) is 1.